The zero-order valence-corrected chi connectivity index (χ0v) is 13.1. The Hall–Kier alpha value is -0.120. The molecule has 1 atom stereocenters. The van der Waals surface area contributed by atoms with Crippen LogP contribution in [-0.4, -0.2) is 62.2 Å². The van der Waals surface area contributed by atoms with E-state index in [9.17, 15) is 0 Å². The minimum Gasteiger partial charge on any atom is -0.314 e. The molecule has 18 heavy (non-hydrogen) atoms. The quantitative estimate of drug-likeness (QED) is 0.759. The maximum absolute atomic E-state index is 3.65. The van der Waals surface area contributed by atoms with Crippen LogP contribution in [-0.2, 0) is 0 Å². The molecule has 1 N–H and O–H groups in total. The van der Waals surface area contributed by atoms with Crippen LogP contribution in [0.4, 0.5) is 0 Å². The van der Waals surface area contributed by atoms with E-state index in [1.807, 2.05) is 0 Å². The number of nitrogens with zero attached hydrogens (tertiary/aromatic N) is 2. The fourth-order valence-electron chi connectivity index (χ4n) is 2.25. The smallest absolute Gasteiger partial charge is 0.0109 e. The summed E-state index contributed by atoms with van der Waals surface area (Å²) in [7, 11) is 2.23. The Labute approximate surface area is 114 Å². The summed E-state index contributed by atoms with van der Waals surface area (Å²) in [6.45, 7) is 16.6. The van der Waals surface area contributed by atoms with Gasteiger partial charge in [-0.3, -0.25) is 0 Å². The Balaban J connectivity index is 2.10. The SMILES string of the molecule is CC(NCCCN1CCCN(C)CC1)C(C)(C)C. The van der Waals surface area contributed by atoms with E-state index in [-0.39, 0.29) is 0 Å². The zero-order chi connectivity index (χ0) is 13.6. The predicted octanol–water partition coefficient (Wildman–Crippen LogP) is 2.04. The Kier molecular flexibility index (Phi) is 6.61. The maximum Gasteiger partial charge on any atom is 0.0109 e. The predicted molar refractivity (Wildman–Crippen MR) is 80.1 cm³/mol. The fraction of sp³-hybridized carbons (Fsp3) is 1.00. The molecular weight excluding hydrogens is 222 g/mol. The molecule has 0 radical (unpaired) electrons. The molecule has 1 heterocycles. The minimum atomic E-state index is 0.366. The lowest BCUT2D eigenvalue weighted by Crippen LogP contribution is -2.39. The van der Waals surface area contributed by atoms with Crippen molar-refractivity contribution in [3.05, 3.63) is 0 Å². The third kappa shape index (κ3) is 6.17. The third-order valence-corrected chi connectivity index (χ3v) is 4.21. The van der Waals surface area contributed by atoms with Crippen molar-refractivity contribution in [1.29, 1.82) is 0 Å². The van der Waals surface area contributed by atoms with Crippen LogP contribution in [0.3, 0.4) is 0 Å². The zero-order valence-electron chi connectivity index (χ0n) is 13.1. The van der Waals surface area contributed by atoms with Gasteiger partial charge < -0.3 is 15.1 Å². The summed E-state index contributed by atoms with van der Waals surface area (Å²) in [5, 5.41) is 3.65. The molecule has 1 aliphatic rings. The molecule has 0 aromatic rings. The van der Waals surface area contributed by atoms with E-state index >= 15 is 0 Å². The van der Waals surface area contributed by atoms with Crippen LogP contribution in [0.2, 0.25) is 0 Å². The first kappa shape index (κ1) is 15.9. The summed E-state index contributed by atoms with van der Waals surface area (Å²) in [5.41, 5.74) is 0.366. The number of nitrogens with one attached hydrogen (secondary N) is 1. The standard InChI is InChI=1S/C15H33N3/c1-14(15(2,3)4)16-8-6-10-18-11-7-9-17(5)12-13-18/h14,16H,6-13H2,1-5H3. The summed E-state index contributed by atoms with van der Waals surface area (Å²) in [6.07, 6.45) is 2.59. The van der Waals surface area contributed by atoms with E-state index in [0.29, 0.717) is 11.5 Å². The molecule has 0 amide bonds. The van der Waals surface area contributed by atoms with Crippen molar-refractivity contribution in [2.45, 2.75) is 46.6 Å². The van der Waals surface area contributed by atoms with Crippen molar-refractivity contribution in [3.8, 4) is 0 Å². The Morgan fingerprint density at radius 2 is 1.83 bits per heavy atom. The summed E-state index contributed by atoms with van der Waals surface area (Å²) in [5.74, 6) is 0. The highest BCUT2D eigenvalue weighted by Crippen LogP contribution is 2.18. The average molecular weight is 255 g/mol. The molecule has 0 aromatic carbocycles. The topological polar surface area (TPSA) is 18.5 Å². The van der Waals surface area contributed by atoms with Crippen molar-refractivity contribution in [2.24, 2.45) is 5.41 Å². The first-order chi connectivity index (χ1) is 8.39. The number of hydrogen-bond acceptors (Lipinski definition) is 3. The summed E-state index contributed by atoms with van der Waals surface area (Å²) >= 11 is 0. The molecule has 0 aliphatic carbocycles. The van der Waals surface area contributed by atoms with E-state index in [0.717, 1.165) is 6.54 Å². The van der Waals surface area contributed by atoms with Gasteiger partial charge in [-0.15, -0.1) is 0 Å². The first-order valence-corrected chi connectivity index (χ1v) is 7.54. The van der Waals surface area contributed by atoms with Gasteiger partial charge in [0.25, 0.3) is 0 Å². The highest BCUT2D eigenvalue weighted by molar-refractivity contribution is 4.76. The number of rotatable bonds is 5. The van der Waals surface area contributed by atoms with Crippen molar-refractivity contribution >= 4 is 0 Å². The molecule has 108 valence electrons. The molecule has 0 aromatic heterocycles. The van der Waals surface area contributed by atoms with Crippen LogP contribution in [0.25, 0.3) is 0 Å². The van der Waals surface area contributed by atoms with Crippen molar-refractivity contribution < 1.29 is 0 Å². The van der Waals surface area contributed by atoms with Gasteiger partial charge in [0, 0.05) is 19.1 Å². The molecule has 0 spiro atoms. The van der Waals surface area contributed by atoms with Gasteiger partial charge in [-0.05, 0) is 58.4 Å². The maximum atomic E-state index is 3.65. The largest absolute Gasteiger partial charge is 0.314 e. The molecule has 1 unspecified atom stereocenters. The van der Waals surface area contributed by atoms with Gasteiger partial charge in [0.1, 0.15) is 0 Å². The van der Waals surface area contributed by atoms with Crippen LogP contribution in [0.1, 0.15) is 40.5 Å². The van der Waals surface area contributed by atoms with Crippen LogP contribution >= 0.6 is 0 Å². The second kappa shape index (κ2) is 7.46. The summed E-state index contributed by atoms with van der Waals surface area (Å²) in [4.78, 5) is 5.06. The van der Waals surface area contributed by atoms with E-state index in [2.05, 4.69) is 49.9 Å². The van der Waals surface area contributed by atoms with E-state index in [1.54, 1.807) is 0 Å². The van der Waals surface area contributed by atoms with Crippen LogP contribution < -0.4 is 5.32 Å². The van der Waals surface area contributed by atoms with E-state index in [1.165, 1.54) is 45.6 Å². The molecule has 1 aliphatic heterocycles. The van der Waals surface area contributed by atoms with Gasteiger partial charge in [-0.1, -0.05) is 20.8 Å². The third-order valence-electron chi connectivity index (χ3n) is 4.21. The summed E-state index contributed by atoms with van der Waals surface area (Å²) < 4.78 is 0. The first-order valence-electron chi connectivity index (χ1n) is 7.54. The molecule has 1 rings (SSSR count). The normalized spacial score (nSPS) is 21.8. The monoisotopic (exact) mass is 255 g/mol. The number of hydrogen-bond donors (Lipinski definition) is 1. The van der Waals surface area contributed by atoms with Crippen molar-refractivity contribution in [2.75, 3.05) is 46.3 Å². The molecule has 0 saturated carbocycles. The molecule has 3 nitrogen and oxygen atoms in total. The second-order valence-electron chi connectivity index (χ2n) is 6.89. The lowest BCUT2D eigenvalue weighted by atomic mass is 9.88. The minimum absolute atomic E-state index is 0.366. The molecular formula is C15H33N3. The van der Waals surface area contributed by atoms with E-state index < -0.39 is 0 Å². The van der Waals surface area contributed by atoms with Gasteiger partial charge >= 0.3 is 0 Å². The molecule has 0 bridgehead atoms. The van der Waals surface area contributed by atoms with Gasteiger partial charge in [-0.25, -0.2) is 0 Å². The Bertz CT molecular complexity index is 222. The van der Waals surface area contributed by atoms with Gasteiger partial charge in [0.05, 0.1) is 0 Å². The Morgan fingerprint density at radius 3 is 2.50 bits per heavy atom. The van der Waals surface area contributed by atoms with Crippen molar-refractivity contribution in [1.82, 2.24) is 15.1 Å². The average Bonchev–Trinajstić information content (AvgIpc) is 2.48. The van der Waals surface area contributed by atoms with Crippen LogP contribution in [0.15, 0.2) is 0 Å². The lowest BCUT2D eigenvalue weighted by molar-refractivity contribution is 0.256. The molecule has 1 fully saturated rings. The van der Waals surface area contributed by atoms with Crippen LogP contribution in [0.5, 0.6) is 0 Å². The second-order valence-corrected chi connectivity index (χ2v) is 6.89. The molecule has 3 heteroatoms. The van der Waals surface area contributed by atoms with Gasteiger partial charge in [-0.2, -0.15) is 0 Å². The van der Waals surface area contributed by atoms with Gasteiger partial charge in [0.15, 0.2) is 0 Å². The van der Waals surface area contributed by atoms with E-state index in [4.69, 9.17) is 0 Å². The lowest BCUT2D eigenvalue weighted by Gasteiger charge is -2.28. The highest BCUT2D eigenvalue weighted by Gasteiger charge is 2.19. The summed E-state index contributed by atoms with van der Waals surface area (Å²) in [6, 6.07) is 0.591. The highest BCUT2D eigenvalue weighted by atomic mass is 15.2. The van der Waals surface area contributed by atoms with Gasteiger partial charge in [0.2, 0.25) is 0 Å². The number of likely N-dealkylation sites (N-methyl/N-ethyl adjacent to an activating group) is 1. The fourth-order valence-corrected chi connectivity index (χ4v) is 2.25. The molecule has 1 saturated heterocycles. The Morgan fingerprint density at radius 1 is 1.11 bits per heavy atom. The van der Waals surface area contributed by atoms with Crippen LogP contribution in [0, 0.1) is 5.41 Å². The van der Waals surface area contributed by atoms with Crippen molar-refractivity contribution in [3.63, 3.8) is 0 Å².